The Balaban J connectivity index is 2.07. The fraction of sp³-hybridized carbons (Fsp3) is 0. The van der Waals surface area contributed by atoms with E-state index in [0.717, 1.165) is 5.39 Å². The number of aromatic nitrogens is 3. The molecule has 0 atom stereocenters. The second-order valence-corrected chi connectivity index (χ2v) is 4.16. The third-order valence-electron chi connectivity index (χ3n) is 2.86. The molecule has 5 N–H and O–H groups in total. The fourth-order valence-electron chi connectivity index (χ4n) is 1.95. The Morgan fingerprint density at radius 1 is 1.30 bits per heavy atom. The molecule has 0 spiro atoms. The van der Waals surface area contributed by atoms with Crippen LogP contribution in [0.2, 0.25) is 0 Å². The summed E-state index contributed by atoms with van der Waals surface area (Å²) in [6.45, 7) is 0. The van der Waals surface area contributed by atoms with Crippen LogP contribution in [0.4, 0.5) is 11.5 Å². The number of amides is 1. The summed E-state index contributed by atoms with van der Waals surface area (Å²) in [6.07, 6.45) is 3.13. The molecule has 7 heteroatoms. The number of benzene rings is 1. The molecule has 0 fully saturated rings. The van der Waals surface area contributed by atoms with Crippen molar-refractivity contribution >= 4 is 28.3 Å². The van der Waals surface area contributed by atoms with Crippen LogP contribution in [0, 0.1) is 0 Å². The van der Waals surface area contributed by atoms with Crippen molar-refractivity contribution in [2.24, 2.45) is 5.84 Å². The maximum atomic E-state index is 12.3. The van der Waals surface area contributed by atoms with Crippen LogP contribution in [-0.4, -0.2) is 21.1 Å². The first-order valence-electron chi connectivity index (χ1n) is 5.94. The number of carbonyl (C=O) groups is 1. The summed E-state index contributed by atoms with van der Waals surface area (Å²) in [7, 11) is 0. The number of fused-ring (bicyclic) bond motifs is 1. The highest BCUT2D eigenvalue weighted by atomic mass is 16.1. The molecule has 100 valence electrons. The number of aromatic amines is 1. The normalized spacial score (nSPS) is 10.4. The van der Waals surface area contributed by atoms with E-state index < -0.39 is 0 Å². The van der Waals surface area contributed by atoms with Gasteiger partial charge in [-0.2, -0.15) is 5.10 Å². The molecule has 2 aromatic heterocycles. The average Bonchev–Trinajstić information content (AvgIpc) is 2.98. The van der Waals surface area contributed by atoms with Crippen LogP contribution in [0.1, 0.15) is 10.4 Å². The van der Waals surface area contributed by atoms with E-state index in [1.54, 1.807) is 12.3 Å². The van der Waals surface area contributed by atoms with Crippen molar-refractivity contribution in [1.82, 2.24) is 15.2 Å². The maximum absolute atomic E-state index is 12.3. The Labute approximate surface area is 114 Å². The minimum absolute atomic E-state index is 0.249. The summed E-state index contributed by atoms with van der Waals surface area (Å²) >= 11 is 0. The fourth-order valence-corrected chi connectivity index (χ4v) is 1.95. The van der Waals surface area contributed by atoms with E-state index in [-0.39, 0.29) is 5.91 Å². The maximum Gasteiger partial charge on any atom is 0.256 e. The van der Waals surface area contributed by atoms with Crippen LogP contribution in [0.3, 0.4) is 0 Å². The number of nitrogens with zero attached hydrogens (tertiary/aromatic N) is 2. The first-order chi connectivity index (χ1) is 9.78. The van der Waals surface area contributed by atoms with E-state index >= 15 is 0 Å². The van der Waals surface area contributed by atoms with Crippen molar-refractivity contribution in [2.45, 2.75) is 0 Å². The van der Waals surface area contributed by atoms with Gasteiger partial charge >= 0.3 is 0 Å². The van der Waals surface area contributed by atoms with Gasteiger partial charge in [0.2, 0.25) is 0 Å². The van der Waals surface area contributed by atoms with Crippen molar-refractivity contribution < 1.29 is 4.79 Å². The number of carbonyl (C=O) groups excluding carboxylic acids is 1. The second kappa shape index (κ2) is 4.98. The van der Waals surface area contributed by atoms with Crippen molar-refractivity contribution in [3.8, 4) is 0 Å². The van der Waals surface area contributed by atoms with Gasteiger partial charge in [0, 0.05) is 11.6 Å². The average molecular weight is 268 g/mol. The number of rotatable bonds is 3. The molecule has 0 aliphatic carbocycles. The second-order valence-electron chi connectivity index (χ2n) is 4.16. The number of hydrogen-bond acceptors (Lipinski definition) is 5. The number of anilines is 2. The van der Waals surface area contributed by atoms with Crippen LogP contribution in [0.5, 0.6) is 0 Å². The molecule has 3 rings (SSSR count). The lowest BCUT2D eigenvalue weighted by molar-refractivity contribution is 0.102. The molecule has 0 unspecified atom stereocenters. The van der Waals surface area contributed by atoms with E-state index in [2.05, 4.69) is 25.9 Å². The third kappa shape index (κ3) is 2.17. The molecule has 0 radical (unpaired) electrons. The van der Waals surface area contributed by atoms with Gasteiger partial charge in [-0.15, -0.1) is 0 Å². The summed E-state index contributed by atoms with van der Waals surface area (Å²) in [4.78, 5) is 16.6. The molecule has 0 saturated carbocycles. The number of pyridine rings is 1. The summed E-state index contributed by atoms with van der Waals surface area (Å²) in [5.41, 5.74) is 4.24. The topological polar surface area (TPSA) is 109 Å². The van der Waals surface area contributed by atoms with Gasteiger partial charge in [0.15, 0.2) is 0 Å². The highest BCUT2D eigenvalue weighted by Gasteiger charge is 2.13. The summed E-state index contributed by atoms with van der Waals surface area (Å²) < 4.78 is 0. The van der Waals surface area contributed by atoms with Crippen LogP contribution in [0.25, 0.3) is 10.9 Å². The van der Waals surface area contributed by atoms with Gasteiger partial charge in [-0.05, 0) is 12.1 Å². The molecule has 2 heterocycles. The van der Waals surface area contributed by atoms with Crippen molar-refractivity contribution in [3.63, 3.8) is 0 Å². The summed E-state index contributed by atoms with van der Waals surface area (Å²) in [5, 5.41) is 9.93. The summed E-state index contributed by atoms with van der Waals surface area (Å²) in [6, 6.07) is 8.98. The van der Waals surface area contributed by atoms with E-state index in [1.165, 1.54) is 6.20 Å². The lowest BCUT2D eigenvalue weighted by Crippen LogP contribution is -2.15. The number of nitrogens with two attached hydrogens (primary N) is 1. The zero-order valence-electron chi connectivity index (χ0n) is 10.4. The Morgan fingerprint density at radius 2 is 2.15 bits per heavy atom. The van der Waals surface area contributed by atoms with E-state index in [9.17, 15) is 4.79 Å². The lowest BCUT2D eigenvalue weighted by Gasteiger charge is -2.09. The monoisotopic (exact) mass is 268 g/mol. The van der Waals surface area contributed by atoms with Gasteiger partial charge in [0.1, 0.15) is 5.82 Å². The van der Waals surface area contributed by atoms with E-state index in [1.807, 2.05) is 24.3 Å². The van der Waals surface area contributed by atoms with Crippen LogP contribution in [0.15, 0.2) is 42.7 Å². The molecule has 3 aromatic rings. The zero-order chi connectivity index (χ0) is 13.9. The van der Waals surface area contributed by atoms with Gasteiger partial charge < -0.3 is 10.7 Å². The molecular weight excluding hydrogens is 256 g/mol. The van der Waals surface area contributed by atoms with Crippen LogP contribution < -0.4 is 16.6 Å². The molecule has 0 saturated heterocycles. The smallest absolute Gasteiger partial charge is 0.256 e. The van der Waals surface area contributed by atoms with E-state index in [0.29, 0.717) is 22.6 Å². The number of para-hydroxylation sites is 1. The molecule has 20 heavy (non-hydrogen) atoms. The van der Waals surface area contributed by atoms with Crippen LogP contribution >= 0.6 is 0 Å². The molecule has 0 aliphatic rings. The minimum atomic E-state index is -0.249. The van der Waals surface area contributed by atoms with Crippen molar-refractivity contribution in [3.05, 3.63) is 48.3 Å². The van der Waals surface area contributed by atoms with Crippen molar-refractivity contribution in [1.29, 1.82) is 0 Å². The molecule has 1 aromatic carbocycles. The Morgan fingerprint density at radius 3 is 2.90 bits per heavy atom. The molecule has 0 aliphatic heterocycles. The third-order valence-corrected chi connectivity index (χ3v) is 2.86. The van der Waals surface area contributed by atoms with Gasteiger partial charge in [0.05, 0.1) is 23.0 Å². The van der Waals surface area contributed by atoms with E-state index in [4.69, 9.17) is 5.84 Å². The molecule has 7 nitrogen and oxygen atoms in total. The Kier molecular flexibility index (Phi) is 3.02. The predicted octanol–water partition coefficient (Wildman–Crippen LogP) is 1.50. The van der Waals surface area contributed by atoms with Crippen molar-refractivity contribution in [2.75, 3.05) is 10.7 Å². The molecule has 1 amide bonds. The zero-order valence-corrected chi connectivity index (χ0v) is 10.4. The van der Waals surface area contributed by atoms with Gasteiger partial charge in [-0.3, -0.25) is 9.89 Å². The lowest BCUT2D eigenvalue weighted by atomic mass is 10.1. The molecular formula is C13H12N6O. The Bertz CT molecular complexity index is 753. The number of hydrogen-bond donors (Lipinski definition) is 4. The quantitative estimate of drug-likeness (QED) is 0.425. The van der Waals surface area contributed by atoms with Gasteiger partial charge in [0.25, 0.3) is 5.91 Å². The number of nitrogen functional groups attached to an aromatic ring is 1. The largest absolute Gasteiger partial charge is 0.319 e. The standard InChI is InChI=1S/C13H12N6O/c14-19-12-5-10(9-3-1-2-4-11(9)18-12)13(20)17-8-6-15-16-7-8/h1-7H,14H2,(H,15,16)(H,17,20)(H,18,19). The van der Waals surface area contributed by atoms with Gasteiger partial charge in [-0.1, -0.05) is 18.2 Å². The highest BCUT2D eigenvalue weighted by Crippen LogP contribution is 2.21. The number of hydrazine groups is 1. The Hall–Kier alpha value is -2.93. The highest BCUT2D eigenvalue weighted by molar-refractivity contribution is 6.12. The minimum Gasteiger partial charge on any atom is -0.319 e. The summed E-state index contributed by atoms with van der Waals surface area (Å²) in [5.74, 6) is 5.57. The SMILES string of the molecule is NNc1cc(C(=O)Nc2cn[nH]c2)c2ccccc2n1. The molecule has 0 bridgehead atoms. The van der Waals surface area contributed by atoms with Gasteiger partial charge in [-0.25, -0.2) is 10.8 Å². The van der Waals surface area contributed by atoms with Crippen LogP contribution in [-0.2, 0) is 0 Å². The number of nitrogens with one attached hydrogen (secondary N) is 3. The predicted molar refractivity (Wildman–Crippen MR) is 76.1 cm³/mol. The first-order valence-corrected chi connectivity index (χ1v) is 5.94. The first kappa shape index (κ1) is 12.1. The number of H-pyrrole nitrogens is 1.